The maximum absolute atomic E-state index is 12.0. The molecule has 1 N–H and O–H groups in total. The number of amidine groups is 3. The number of nitrogens with zero attached hydrogens (tertiary/aromatic N) is 3. The Hall–Kier alpha value is -1.38. The van der Waals surface area contributed by atoms with E-state index >= 15 is 0 Å². The van der Waals surface area contributed by atoms with E-state index in [9.17, 15) is 4.79 Å². The molecule has 2 aliphatic rings. The second-order valence-corrected chi connectivity index (χ2v) is 6.80. The van der Waals surface area contributed by atoms with Crippen molar-refractivity contribution in [2.24, 2.45) is 9.39 Å². The van der Waals surface area contributed by atoms with Gasteiger partial charge in [-0.1, -0.05) is 24.8 Å². The van der Waals surface area contributed by atoms with Crippen molar-refractivity contribution < 1.29 is 4.79 Å². The topological polar surface area (TPSA) is 68.9 Å². The molecule has 0 aromatic carbocycles. The smallest absolute Gasteiger partial charge is 0.283 e. The van der Waals surface area contributed by atoms with Gasteiger partial charge in [0.1, 0.15) is 5.84 Å². The van der Waals surface area contributed by atoms with Gasteiger partial charge in [-0.05, 0) is 23.3 Å². The van der Waals surface area contributed by atoms with E-state index in [4.69, 9.17) is 5.41 Å². The van der Waals surface area contributed by atoms with Gasteiger partial charge in [0.05, 0.1) is 17.5 Å². The highest BCUT2D eigenvalue weighted by molar-refractivity contribution is 8.19. The Labute approximate surface area is 128 Å². The Kier molecular flexibility index (Phi) is 3.77. The predicted octanol–water partition coefficient (Wildman–Crippen LogP) is 3.08. The fourth-order valence-corrected chi connectivity index (χ4v) is 3.97. The molecule has 102 valence electrons. The zero-order valence-electron chi connectivity index (χ0n) is 10.5. The zero-order valence-corrected chi connectivity index (χ0v) is 12.9. The second-order valence-electron chi connectivity index (χ2n) is 3.86. The van der Waals surface area contributed by atoms with Crippen molar-refractivity contribution in [1.29, 1.82) is 5.41 Å². The lowest BCUT2D eigenvalue weighted by atomic mass is 10.1. The van der Waals surface area contributed by atoms with E-state index in [2.05, 4.69) is 9.39 Å². The Balaban J connectivity index is 1.98. The summed E-state index contributed by atoms with van der Waals surface area (Å²) < 4.78 is 4.26. The minimum Gasteiger partial charge on any atom is -0.283 e. The molecule has 2 aliphatic heterocycles. The summed E-state index contributed by atoms with van der Waals surface area (Å²) >= 11 is 4.21. The molecule has 8 heteroatoms. The minimum absolute atomic E-state index is 0.151. The average Bonchev–Trinajstić information content (AvgIpc) is 3.05. The molecule has 0 atom stereocenters. The summed E-state index contributed by atoms with van der Waals surface area (Å²) in [6.45, 7) is 2.02. The highest BCUT2D eigenvalue weighted by Gasteiger charge is 2.37. The van der Waals surface area contributed by atoms with Gasteiger partial charge in [-0.15, -0.1) is 11.3 Å². The molecule has 1 aromatic heterocycles. The van der Waals surface area contributed by atoms with Crippen LogP contribution in [0.4, 0.5) is 0 Å². The van der Waals surface area contributed by atoms with Gasteiger partial charge in [0.15, 0.2) is 5.17 Å². The lowest BCUT2D eigenvalue weighted by molar-refractivity contribution is -0.114. The van der Waals surface area contributed by atoms with Gasteiger partial charge in [-0.3, -0.25) is 10.2 Å². The summed E-state index contributed by atoms with van der Waals surface area (Å²) in [6.07, 6.45) is 1.72. The van der Waals surface area contributed by atoms with Crippen molar-refractivity contribution in [3.8, 4) is 0 Å². The molecule has 0 saturated carbocycles. The SMILES string of the molecule is CCSC1=NSC2=NC(=O)C(=Cc3cccs3)C(=N)N12. The van der Waals surface area contributed by atoms with E-state index in [-0.39, 0.29) is 11.7 Å². The summed E-state index contributed by atoms with van der Waals surface area (Å²) in [6, 6.07) is 3.82. The quantitative estimate of drug-likeness (QED) is 0.671. The average molecular weight is 322 g/mol. The van der Waals surface area contributed by atoms with Crippen molar-refractivity contribution >= 4 is 63.2 Å². The van der Waals surface area contributed by atoms with E-state index in [1.807, 2.05) is 24.4 Å². The van der Waals surface area contributed by atoms with E-state index in [0.29, 0.717) is 15.9 Å². The van der Waals surface area contributed by atoms with Crippen LogP contribution in [0.25, 0.3) is 6.08 Å². The van der Waals surface area contributed by atoms with Crippen LogP contribution >= 0.6 is 35.0 Å². The van der Waals surface area contributed by atoms with Crippen LogP contribution in [0.1, 0.15) is 11.8 Å². The Morgan fingerprint density at radius 3 is 3.10 bits per heavy atom. The van der Waals surface area contributed by atoms with Gasteiger partial charge in [-0.25, -0.2) is 4.90 Å². The van der Waals surface area contributed by atoms with Gasteiger partial charge in [0.25, 0.3) is 5.91 Å². The van der Waals surface area contributed by atoms with Crippen LogP contribution in [0.5, 0.6) is 0 Å². The van der Waals surface area contributed by atoms with E-state index in [1.54, 1.807) is 11.0 Å². The van der Waals surface area contributed by atoms with Gasteiger partial charge >= 0.3 is 0 Å². The summed E-state index contributed by atoms with van der Waals surface area (Å²) in [4.78, 5) is 18.6. The highest BCUT2D eigenvalue weighted by Crippen LogP contribution is 2.31. The van der Waals surface area contributed by atoms with Crippen LogP contribution in [-0.2, 0) is 4.79 Å². The van der Waals surface area contributed by atoms with Crippen LogP contribution in [0, 0.1) is 5.41 Å². The fourth-order valence-electron chi connectivity index (χ4n) is 1.74. The molecule has 0 spiro atoms. The molecule has 0 saturated heterocycles. The molecule has 0 unspecified atom stereocenters. The molecule has 0 aliphatic carbocycles. The standard InChI is InChI=1S/C12H10N4OS3/c1-2-18-12-15-20-11-14-10(17)8(9(13)16(11)12)6-7-4-3-5-19-7/h3-6,13H,2H2,1H3. The largest absolute Gasteiger partial charge is 0.283 e. The summed E-state index contributed by atoms with van der Waals surface area (Å²) in [5.74, 6) is 0.632. The van der Waals surface area contributed by atoms with Gasteiger partial charge in [0, 0.05) is 4.88 Å². The van der Waals surface area contributed by atoms with Crippen LogP contribution in [0.3, 0.4) is 0 Å². The third kappa shape index (κ3) is 2.34. The molecule has 5 nitrogen and oxygen atoms in total. The van der Waals surface area contributed by atoms with Crippen LogP contribution in [0.2, 0.25) is 0 Å². The highest BCUT2D eigenvalue weighted by atomic mass is 32.2. The second kappa shape index (κ2) is 5.55. The first-order valence-electron chi connectivity index (χ1n) is 5.85. The van der Waals surface area contributed by atoms with Gasteiger partial charge in [-0.2, -0.15) is 9.39 Å². The van der Waals surface area contributed by atoms with Crippen molar-refractivity contribution in [3.05, 3.63) is 28.0 Å². The number of aliphatic imine (C=N–C) groups is 1. The van der Waals surface area contributed by atoms with Crippen LogP contribution < -0.4 is 0 Å². The third-order valence-corrected chi connectivity index (χ3v) is 5.05. The number of hydrogen-bond donors (Lipinski definition) is 1. The molecule has 1 amide bonds. The fraction of sp³-hybridized carbons (Fsp3) is 0.167. The van der Waals surface area contributed by atoms with Crippen molar-refractivity contribution in [3.63, 3.8) is 0 Å². The van der Waals surface area contributed by atoms with Crippen molar-refractivity contribution in [2.45, 2.75) is 6.92 Å². The number of nitrogens with one attached hydrogen (secondary N) is 1. The zero-order chi connectivity index (χ0) is 14.1. The van der Waals surface area contributed by atoms with Gasteiger partial charge < -0.3 is 0 Å². The monoisotopic (exact) mass is 322 g/mol. The van der Waals surface area contributed by atoms with E-state index in [0.717, 1.165) is 22.6 Å². The number of thioether (sulfide) groups is 1. The van der Waals surface area contributed by atoms with Crippen LogP contribution in [-0.4, -0.2) is 32.7 Å². The first kappa shape index (κ1) is 13.6. The molecular formula is C12H10N4OS3. The number of rotatable bonds is 2. The van der Waals surface area contributed by atoms with Crippen molar-refractivity contribution in [1.82, 2.24) is 4.90 Å². The summed E-state index contributed by atoms with van der Waals surface area (Å²) in [5, 5.41) is 11.4. The molecule has 1 aromatic rings. The van der Waals surface area contributed by atoms with Crippen molar-refractivity contribution in [2.75, 3.05) is 5.75 Å². The molecule has 3 heterocycles. The molecule has 3 rings (SSSR count). The number of carbonyl (C=O) groups excluding carboxylic acids is 1. The Bertz CT molecular complexity index is 660. The third-order valence-electron chi connectivity index (χ3n) is 2.60. The number of carbonyl (C=O) groups is 1. The van der Waals surface area contributed by atoms with Crippen LogP contribution in [0.15, 0.2) is 32.5 Å². The molecule has 0 fully saturated rings. The first-order valence-corrected chi connectivity index (χ1v) is 8.49. The molecule has 0 radical (unpaired) electrons. The maximum Gasteiger partial charge on any atom is 0.283 e. The lowest BCUT2D eigenvalue weighted by Crippen LogP contribution is -2.41. The van der Waals surface area contributed by atoms with E-state index in [1.165, 1.54) is 23.1 Å². The molecule has 20 heavy (non-hydrogen) atoms. The number of thiophene rings is 1. The number of fused-ring (bicyclic) bond motifs is 1. The van der Waals surface area contributed by atoms with E-state index < -0.39 is 0 Å². The Morgan fingerprint density at radius 2 is 2.40 bits per heavy atom. The van der Waals surface area contributed by atoms with Gasteiger partial charge in [0.2, 0.25) is 5.17 Å². The number of amides is 1. The molecular weight excluding hydrogens is 312 g/mol. The predicted molar refractivity (Wildman–Crippen MR) is 87.5 cm³/mol. The number of hydrogen-bond acceptors (Lipinski definition) is 6. The lowest BCUT2D eigenvalue weighted by Gasteiger charge is -2.24. The molecule has 0 bridgehead atoms. The minimum atomic E-state index is -0.375. The maximum atomic E-state index is 12.0. The first-order chi connectivity index (χ1) is 9.70. The summed E-state index contributed by atoms with van der Waals surface area (Å²) in [7, 11) is 0. The normalized spacial score (nSPS) is 20.2. The summed E-state index contributed by atoms with van der Waals surface area (Å²) in [5.41, 5.74) is 0.308. The Morgan fingerprint density at radius 1 is 1.55 bits per heavy atom.